The Kier molecular flexibility index (Phi) is 4.62. The number of carbonyl (C=O) groups is 1. The third-order valence-corrected chi connectivity index (χ3v) is 3.32. The fourth-order valence-electron chi connectivity index (χ4n) is 1.65. The number of fused-ring (bicyclic) bond motifs is 1. The van der Waals surface area contributed by atoms with E-state index in [1.807, 2.05) is 31.3 Å². The molecule has 2 aromatic heterocycles. The molecule has 0 saturated heterocycles. The summed E-state index contributed by atoms with van der Waals surface area (Å²) < 4.78 is 1.73. The van der Waals surface area contributed by atoms with Gasteiger partial charge in [0, 0.05) is 12.2 Å². The van der Waals surface area contributed by atoms with Crippen molar-refractivity contribution in [3.63, 3.8) is 0 Å². The number of urea groups is 1. The molecule has 0 aliphatic rings. The van der Waals surface area contributed by atoms with Crippen molar-refractivity contribution in [2.75, 3.05) is 17.3 Å². The predicted molar refractivity (Wildman–Crippen MR) is 77.6 cm³/mol. The van der Waals surface area contributed by atoms with Gasteiger partial charge in [0.25, 0.3) is 0 Å². The molecule has 102 valence electrons. The highest BCUT2D eigenvalue weighted by atomic mass is 32.2. The van der Waals surface area contributed by atoms with Gasteiger partial charge in [-0.25, -0.2) is 4.79 Å². The fourth-order valence-corrected chi connectivity index (χ4v) is 2.24. The van der Waals surface area contributed by atoms with E-state index in [0.29, 0.717) is 11.6 Å². The van der Waals surface area contributed by atoms with Crippen LogP contribution >= 0.6 is 11.8 Å². The monoisotopic (exact) mass is 279 g/mol. The lowest BCUT2D eigenvalue weighted by Crippen LogP contribution is -2.36. The molecule has 0 saturated carbocycles. The molecule has 6 nitrogen and oxygen atoms in total. The molecular weight excluding hydrogens is 262 g/mol. The minimum absolute atomic E-state index is 0.131. The Balaban J connectivity index is 1.95. The first kappa shape index (κ1) is 13.7. The van der Waals surface area contributed by atoms with Gasteiger partial charge < -0.3 is 5.32 Å². The maximum Gasteiger partial charge on any atom is 0.321 e. The predicted octanol–water partition coefficient (Wildman–Crippen LogP) is 1.99. The second kappa shape index (κ2) is 6.42. The molecule has 2 rings (SSSR count). The number of hydrogen-bond acceptors (Lipinski definition) is 4. The smallest absolute Gasteiger partial charge is 0.321 e. The summed E-state index contributed by atoms with van der Waals surface area (Å²) in [4.78, 5) is 11.8. The SMILES string of the molecule is CSCCC(C)NC(=O)Nc1nnc2ccccn12. The summed E-state index contributed by atoms with van der Waals surface area (Å²) in [5, 5.41) is 13.5. The van der Waals surface area contributed by atoms with E-state index >= 15 is 0 Å². The minimum atomic E-state index is -0.258. The largest absolute Gasteiger partial charge is 0.335 e. The molecule has 0 fully saturated rings. The molecule has 0 aliphatic heterocycles. The van der Waals surface area contributed by atoms with Gasteiger partial charge in [-0.2, -0.15) is 11.8 Å². The van der Waals surface area contributed by atoms with E-state index in [0.717, 1.165) is 12.2 Å². The minimum Gasteiger partial charge on any atom is -0.335 e. The number of amides is 2. The molecule has 19 heavy (non-hydrogen) atoms. The molecule has 2 amide bonds. The number of aromatic nitrogens is 3. The van der Waals surface area contributed by atoms with Crippen LogP contribution in [0.4, 0.5) is 10.7 Å². The van der Waals surface area contributed by atoms with E-state index in [2.05, 4.69) is 27.1 Å². The van der Waals surface area contributed by atoms with E-state index in [4.69, 9.17) is 0 Å². The Bertz CT molecular complexity index is 556. The summed E-state index contributed by atoms with van der Waals surface area (Å²) in [6.07, 6.45) is 4.80. The first-order chi connectivity index (χ1) is 9.20. The van der Waals surface area contributed by atoms with Gasteiger partial charge in [-0.05, 0) is 37.5 Å². The van der Waals surface area contributed by atoms with Crippen LogP contribution in [0.2, 0.25) is 0 Å². The first-order valence-corrected chi connectivity index (χ1v) is 7.46. The van der Waals surface area contributed by atoms with E-state index < -0.39 is 0 Å². The number of nitrogens with zero attached hydrogens (tertiary/aromatic N) is 3. The summed E-state index contributed by atoms with van der Waals surface area (Å²) in [7, 11) is 0. The highest BCUT2D eigenvalue weighted by Crippen LogP contribution is 2.07. The van der Waals surface area contributed by atoms with Crippen molar-refractivity contribution < 1.29 is 4.79 Å². The maximum absolute atomic E-state index is 11.8. The molecule has 2 heterocycles. The van der Waals surface area contributed by atoms with Gasteiger partial charge in [-0.1, -0.05) is 6.07 Å². The fraction of sp³-hybridized carbons (Fsp3) is 0.417. The van der Waals surface area contributed by atoms with Gasteiger partial charge in [0.2, 0.25) is 5.95 Å². The number of thioether (sulfide) groups is 1. The Morgan fingerprint density at radius 3 is 3.11 bits per heavy atom. The molecule has 0 spiro atoms. The molecule has 0 radical (unpaired) electrons. The maximum atomic E-state index is 11.8. The van der Waals surface area contributed by atoms with Crippen molar-refractivity contribution in [2.24, 2.45) is 0 Å². The van der Waals surface area contributed by atoms with Crippen LogP contribution in [0, 0.1) is 0 Å². The van der Waals surface area contributed by atoms with Crippen LogP contribution in [0.1, 0.15) is 13.3 Å². The number of hydrogen-bond donors (Lipinski definition) is 2. The molecular formula is C12H17N5OS. The van der Waals surface area contributed by atoms with Crippen molar-refractivity contribution in [1.82, 2.24) is 19.9 Å². The zero-order valence-corrected chi connectivity index (χ0v) is 11.8. The van der Waals surface area contributed by atoms with Crippen LogP contribution in [0.5, 0.6) is 0 Å². The highest BCUT2D eigenvalue weighted by Gasteiger charge is 2.10. The van der Waals surface area contributed by atoms with Crippen LogP contribution in [0.15, 0.2) is 24.4 Å². The standard InChI is InChI=1S/C12H17N5OS/c1-9(6-8-19-2)13-12(18)14-11-16-15-10-5-3-4-7-17(10)11/h3-5,7,9H,6,8H2,1-2H3,(H2,13,14,16,18). The summed E-state index contributed by atoms with van der Waals surface area (Å²) >= 11 is 1.77. The van der Waals surface area contributed by atoms with Gasteiger partial charge >= 0.3 is 6.03 Å². The van der Waals surface area contributed by atoms with Gasteiger partial charge in [-0.3, -0.25) is 9.72 Å². The summed E-state index contributed by atoms with van der Waals surface area (Å²) in [5.74, 6) is 1.44. The van der Waals surface area contributed by atoms with Crippen molar-refractivity contribution >= 4 is 29.4 Å². The zero-order chi connectivity index (χ0) is 13.7. The van der Waals surface area contributed by atoms with Gasteiger partial charge in [0.05, 0.1) is 0 Å². The van der Waals surface area contributed by atoms with E-state index in [9.17, 15) is 4.79 Å². The Hall–Kier alpha value is -1.76. The summed E-state index contributed by atoms with van der Waals surface area (Å²) in [6.45, 7) is 1.98. The number of rotatable bonds is 5. The zero-order valence-electron chi connectivity index (χ0n) is 11.0. The van der Waals surface area contributed by atoms with E-state index in [1.54, 1.807) is 16.2 Å². The number of anilines is 1. The van der Waals surface area contributed by atoms with Gasteiger partial charge in [-0.15, -0.1) is 10.2 Å². The molecule has 1 unspecified atom stereocenters. The molecule has 0 aromatic carbocycles. The number of carbonyl (C=O) groups excluding carboxylic acids is 1. The van der Waals surface area contributed by atoms with Crippen LogP contribution in [0.25, 0.3) is 5.65 Å². The first-order valence-electron chi connectivity index (χ1n) is 6.07. The Morgan fingerprint density at radius 2 is 2.32 bits per heavy atom. The lowest BCUT2D eigenvalue weighted by molar-refractivity contribution is 0.249. The van der Waals surface area contributed by atoms with E-state index in [-0.39, 0.29) is 12.1 Å². The third-order valence-electron chi connectivity index (χ3n) is 2.67. The second-order valence-corrected chi connectivity index (χ2v) is 5.22. The second-order valence-electron chi connectivity index (χ2n) is 4.23. The molecule has 0 aliphatic carbocycles. The lowest BCUT2D eigenvalue weighted by Gasteiger charge is -2.13. The molecule has 1 atom stereocenters. The molecule has 7 heteroatoms. The number of pyridine rings is 1. The topological polar surface area (TPSA) is 71.3 Å². The quantitative estimate of drug-likeness (QED) is 0.878. The van der Waals surface area contributed by atoms with Crippen LogP contribution in [-0.2, 0) is 0 Å². The van der Waals surface area contributed by atoms with Gasteiger partial charge in [0.1, 0.15) is 0 Å². The highest BCUT2D eigenvalue weighted by molar-refractivity contribution is 7.98. The molecule has 0 bridgehead atoms. The summed E-state index contributed by atoms with van der Waals surface area (Å²) in [6, 6.07) is 5.44. The van der Waals surface area contributed by atoms with Crippen LogP contribution in [0.3, 0.4) is 0 Å². The number of nitrogens with one attached hydrogen (secondary N) is 2. The van der Waals surface area contributed by atoms with E-state index in [1.165, 1.54) is 0 Å². The van der Waals surface area contributed by atoms with Crippen molar-refractivity contribution in [1.29, 1.82) is 0 Å². The van der Waals surface area contributed by atoms with Crippen LogP contribution < -0.4 is 10.6 Å². The Morgan fingerprint density at radius 1 is 1.47 bits per heavy atom. The Labute approximate surface area is 116 Å². The molecule has 2 N–H and O–H groups in total. The normalized spacial score (nSPS) is 12.3. The van der Waals surface area contributed by atoms with Crippen molar-refractivity contribution in [2.45, 2.75) is 19.4 Å². The average Bonchev–Trinajstić information content (AvgIpc) is 2.80. The van der Waals surface area contributed by atoms with Crippen molar-refractivity contribution in [3.05, 3.63) is 24.4 Å². The summed E-state index contributed by atoms with van der Waals surface area (Å²) in [5.41, 5.74) is 0.702. The lowest BCUT2D eigenvalue weighted by atomic mass is 10.3. The average molecular weight is 279 g/mol. The molecule has 2 aromatic rings. The van der Waals surface area contributed by atoms with Crippen molar-refractivity contribution in [3.8, 4) is 0 Å². The van der Waals surface area contributed by atoms with Crippen LogP contribution in [-0.4, -0.2) is 38.7 Å². The van der Waals surface area contributed by atoms with Gasteiger partial charge in [0.15, 0.2) is 5.65 Å². The third kappa shape index (κ3) is 3.60.